The first-order valence-corrected chi connectivity index (χ1v) is 10.2. The Labute approximate surface area is 183 Å². The summed E-state index contributed by atoms with van der Waals surface area (Å²) in [6.45, 7) is 5.50. The summed E-state index contributed by atoms with van der Waals surface area (Å²) in [6.07, 6.45) is 0.780. The Morgan fingerprint density at radius 3 is 2.62 bits per heavy atom. The van der Waals surface area contributed by atoms with Crippen LogP contribution in [-0.4, -0.2) is 43.8 Å². The highest BCUT2D eigenvalue weighted by Crippen LogP contribution is 2.26. The molecule has 4 rings (SSSR count). The topological polar surface area (TPSA) is 102 Å². The molecule has 0 radical (unpaired) electrons. The Morgan fingerprint density at radius 1 is 1.19 bits per heavy atom. The van der Waals surface area contributed by atoms with E-state index in [9.17, 15) is 18.4 Å². The van der Waals surface area contributed by atoms with E-state index in [1.807, 2.05) is 18.4 Å². The van der Waals surface area contributed by atoms with E-state index in [2.05, 4.69) is 25.8 Å². The van der Waals surface area contributed by atoms with Gasteiger partial charge in [0.2, 0.25) is 0 Å². The number of halogens is 2. The van der Waals surface area contributed by atoms with Crippen molar-refractivity contribution in [3.05, 3.63) is 59.2 Å². The molecule has 0 aliphatic heterocycles. The second-order valence-electron chi connectivity index (χ2n) is 8.00. The zero-order chi connectivity index (χ0) is 23.0. The van der Waals surface area contributed by atoms with Gasteiger partial charge in [0, 0.05) is 18.0 Å². The van der Waals surface area contributed by atoms with Gasteiger partial charge in [-0.1, -0.05) is 6.07 Å². The molecule has 1 saturated carbocycles. The molecule has 166 valence electrons. The second-order valence-corrected chi connectivity index (χ2v) is 8.00. The van der Waals surface area contributed by atoms with E-state index in [0.717, 1.165) is 6.07 Å². The summed E-state index contributed by atoms with van der Waals surface area (Å²) in [4.78, 5) is 29.6. The molecule has 0 unspecified atom stereocenters. The molecular weight excluding hydrogens is 418 g/mol. The molecular formula is C22H22F2N6O2. The first-order valence-electron chi connectivity index (χ1n) is 10.2. The number of nitrogens with one attached hydrogen (secondary N) is 2. The Hall–Kier alpha value is -3.69. The number of carbonyl (C=O) groups excluding carboxylic acids is 2. The van der Waals surface area contributed by atoms with E-state index < -0.39 is 29.8 Å². The maximum absolute atomic E-state index is 14.5. The van der Waals surface area contributed by atoms with Gasteiger partial charge in [-0.15, -0.1) is 10.2 Å². The zero-order valence-corrected chi connectivity index (χ0v) is 17.8. The van der Waals surface area contributed by atoms with Crippen molar-refractivity contribution in [2.24, 2.45) is 0 Å². The fourth-order valence-electron chi connectivity index (χ4n) is 3.27. The van der Waals surface area contributed by atoms with Gasteiger partial charge in [0.25, 0.3) is 11.8 Å². The number of hydrogen-bond acceptors (Lipinski definition) is 5. The van der Waals surface area contributed by atoms with E-state index in [1.54, 1.807) is 31.5 Å². The Morgan fingerprint density at radius 2 is 1.94 bits per heavy atom. The minimum absolute atomic E-state index is 0.106. The van der Waals surface area contributed by atoms with E-state index >= 15 is 0 Å². The zero-order valence-electron chi connectivity index (χ0n) is 17.8. The smallest absolute Gasteiger partial charge is 0.259 e. The number of rotatable bonds is 6. The molecule has 1 fully saturated rings. The molecule has 8 nitrogen and oxygen atoms in total. The second kappa shape index (κ2) is 8.45. The number of benzene rings is 1. The van der Waals surface area contributed by atoms with E-state index in [-0.39, 0.29) is 29.4 Å². The lowest BCUT2D eigenvalue weighted by molar-refractivity contribution is 0.0947. The van der Waals surface area contributed by atoms with Gasteiger partial charge < -0.3 is 15.2 Å². The van der Waals surface area contributed by atoms with Crippen LogP contribution in [0.5, 0.6) is 0 Å². The molecule has 2 aromatic heterocycles. The van der Waals surface area contributed by atoms with Gasteiger partial charge >= 0.3 is 0 Å². The molecule has 0 bridgehead atoms. The van der Waals surface area contributed by atoms with Crippen LogP contribution in [0.15, 0.2) is 36.7 Å². The summed E-state index contributed by atoms with van der Waals surface area (Å²) in [5.74, 6) is -1.36. The summed E-state index contributed by atoms with van der Waals surface area (Å²) < 4.78 is 29.5. The highest BCUT2D eigenvalue weighted by atomic mass is 19.1. The van der Waals surface area contributed by atoms with Crippen LogP contribution in [0.2, 0.25) is 0 Å². The largest absolute Gasteiger partial charge is 0.346 e. The normalized spacial score (nSPS) is 17.3. The van der Waals surface area contributed by atoms with Gasteiger partial charge in [0.05, 0.1) is 11.6 Å². The number of nitrogens with zero attached hydrogens (tertiary/aromatic N) is 4. The van der Waals surface area contributed by atoms with Crippen molar-refractivity contribution in [1.82, 2.24) is 25.1 Å². The molecule has 2 N–H and O–H groups in total. The minimum Gasteiger partial charge on any atom is -0.346 e. The average Bonchev–Trinajstić information content (AvgIpc) is 3.22. The third kappa shape index (κ3) is 4.34. The highest BCUT2D eigenvalue weighted by molar-refractivity contribution is 6.06. The lowest BCUT2D eigenvalue weighted by Gasteiger charge is -2.12. The lowest BCUT2D eigenvalue weighted by Crippen LogP contribution is -2.28. The van der Waals surface area contributed by atoms with Crippen LogP contribution in [0, 0.1) is 12.7 Å². The SMILES string of the molecule is Cc1cc(F)c(C(=O)Nc2cccc(-c3nncn3C(C)C)n2)cc1C(=O)N[C@@H]1C[C@H]1F. The van der Waals surface area contributed by atoms with Crippen molar-refractivity contribution in [1.29, 1.82) is 0 Å². The lowest BCUT2D eigenvalue weighted by atomic mass is 10.0. The van der Waals surface area contributed by atoms with Crippen molar-refractivity contribution in [2.75, 3.05) is 5.32 Å². The van der Waals surface area contributed by atoms with Crippen molar-refractivity contribution < 1.29 is 18.4 Å². The van der Waals surface area contributed by atoms with Gasteiger partial charge in [-0.2, -0.15) is 0 Å². The van der Waals surface area contributed by atoms with Gasteiger partial charge in [0.15, 0.2) is 5.82 Å². The summed E-state index contributed by atoms with van der Waals surface area (Å²) in [5.41, 5.74) is 0.637. The van der Waals surface area contributed by atoms with Crippen LogP contribution >= 0.6 is 0 Å². The molecule has 2 atom stereocenters. The van der Waals surface area contributed by atoms with Gasteiger partial charge in [-0.25, -0.2) is 13.8 Å². The summed E-state index contributed by atoms with van der Waals surface area (Å²) in [7, 11) is 0. The molecule has 10 heteroatoms. The quantitative estimate of drug-likeness (QED) is 0.611. The monoisotopic (exact) mass is 440 g/mol. The van der Waals surface area contributed by atoms with Crippen LogP contribution in [0.25, 0.3) is 11.5 Å². The van der Waals surface area contributed by atoms with Crippen molar-refractivity contribution in [2.45, 2.75) is 45.4 Å². The van der Waals surface area contributed by atoms with E-state index in [0.29, 0.717) is 17.1 Å². The minimum atomic E-state index is -1.07. The molecule has 1 aromatic carbocycles. The molecule has 3 aromatic rings. The standard InChI is InChI=1S/C22H22F2N6O2/c1-11(2)30-10-25-29-20(30)17-5-4-6-19(26-17)28-22(32)14-8-13(12(3)7-15(14)23)21(31)27-18-9-16(18)24/h4-8,10-11,16,18H,9H2,1-3H3,(H,27,31)(H,26,28,32)/t16-,18-/m1/s1. The third-order valence-corrected chi connectivity index (χ3v) is 5.18. The predicted octanol–water partition coefficient (Wildman–Crippen LogP) is 3.46. The van der Waals surface area contributed by atoms with Crippen LogP contribution in [0.4, 0.5) is 14.6 Å². The summed E-state index contributed by atoms with van der Waals surface area (Å²) in [6, 6.07) is 6.82. The number of carbonyl (C=O) groups is 2. The van der Waals surface area contributed by atoms with Crippen molar-refractivity contribution in [3.8, 4) is 11.5 Å². The Bertz CT molecular complexity index is 1190. The van der Waals surface area contributed by atoms with Gasteiger partial charge in [0.1, 0.15) is 29.8 Å². The van der Waals surface area contributed by atoms with Crippen LogP contribution in [0.3, 0.4) is 0 Å². The number of hydrogen-bond donors (Lipinski definition) is 2. The number of alkyl halides is 1. The number of aromatic nitrogens is 4. The van der Waals surface area contributed by atoms with Crippen LogP contribution in [0.1, 0.15) is 52.6 Å². The molecule has 1 aliphatic carbocycles. The molecule has 2 heterocycles. The predicted molar refractivity (Wildman–Crippen MR) is 113 cm³/mol. The molecule has 32 heavy (non-hydrogen) atoms. The first-order chi connectivity index (χ1) is 15.2. The number of aryl methyl sites for hydroxylation is 1. The Kier molecular flexibility index (Phi) is 5.68. The Balaban J connectivity index is 1.57. The highest BCUT2D eigenvalue weighted by Gasteiger charge is 2.39. The number of pyridine rings is 1. The molecule has 0 saturated heterocycles. The van der Waals surface area contributed by atoms with Crippen LogP contribution < -0.4 is 10.6 Å². The fraction of sp³-hybridized carbons (Fsp3) is 0.318. The van der Waals surface area contributed by atoms with E-state index in [4.69, 9.17) is 0 Å². The van der Waals surface area contributed by atoms with Crippen molar-refractivity contribution in [3.63, 3.8) is 0 Å². The summed E-state index contributed by atoms with van der Waals surface area (Å²) >= 11 is 0. The average molecular weight is 440 g/mol. The van der Waals surface area contributed by atoms with E-state index in [1.165, 1.54) is 6.07 Å². The third-order valence-electron chi connectivity index (χ3n) is 5.18. The first kappa shape index (κ1) is 21.5. The van der Waals surface area contributed by atoms with Crippen molar-refractivity contribution >= 4 is 17.6 Å². The molecule has 1 aliphatic rings. The maximum atomic E-state index is 14.5. The molecule has 2 amide bonds. The number of anilines is 1. The van der Waals surface area contributed by atoms with Crippen LogP contribution in [-0.2, 0) is 0 Å². The maximum Gasteiger partial charge on any atom is 0.259 e. The number of amides is 2. The fourth-order valence-corrected chi connectivity index (χ4v) is 3.27. The molecule has 0 spiro atoms. The van der Waals surface area contributed by atoms with Gasteiger partial charge in [-0.3, -0.25) is 9.59 Å². The summed E-state index contributed by atoms with van der Waals surface area (Å²) in [5, 5.41) is 13.1. The van der Waals surface area contributed by atoms with Gasteiger partial charge in [-0.05, 0) is 50.6 Å².